The Balaban J connectivity index is 2.39. The number of benzene rings is 1. The molecule has 0 unspecified atom stereocenters. The van der Waals surface area contributed by atoms with Gasteiger partial charge >= 0.3 is 6.18 Å². The summed E-state index contributed by atoms with van der Waals surface area (Å²) in [6.07, 6.45) is -4.44. The summed E-state index contributed by atoms with van der Waals surface area (Å²) in [5, 5.41) is 10.7. The molecule has 0 aliphatic heterocycles. The van der Waals surface area contributed by atoms with Crippen molar-refractivity contribution < 1.29 is 13.2 Å². The number of rotatable bonds is 2. The molecule has 1 N–H and O–H groups in total. The van der Waals surface area contributed by atoms with Crippen molar-refractivity contribution in [3.05, 3.63) is 44.5 Å². The topological polar surface area (TPSA) is 37.8 Å². The van der Waals surface area contributed by atoms with Gasteiger partial charge in [-0.1, -0.05) is 27.5 Å². The maximum Gasteiger partial charge on any atom is 0.417 e. The quantitative estimate of drug-likeness (QED) is 0.771. The lowest BCUT2D eigenvalue weighted by Crippen LogP contribution is -2.07. The fraction of sp³-hybridized carbons (Fsp3) is 0.231. The first-order valence-corrected chi connectivity index (χ1v) is 7.00. The van der Waals surface area contributed by atoms with E-state index in [0.717, 1.165) is 17.2 Å². The molecular formula is C13H10BrClF3N3. The van der Waals surface area contributed by atoms with Crippen LogP contribution in [0.3, 0.4) is 0 Å². The van der Waals surface area contributed by atoms with Crippen molar-refractivity contribution in [2.75, 3.05) is 5.32 Å². The molecule has 0 aliphatic rings. The Hall–Kier alpha value is -1.34. The van der Waals surface area contributed by atoms with Crippen molar-refractivity contribution >= 4 is 39.0 Å². The molecule has 21 heavy (non-hydrogen) atoms. The lowest BCUT2D eigenvalue weighted by atomic mass is 10.1. The maximum atomic E-state index is 12.9. The zero-order chi connectivity index (χ0) is 15.8. The maximum absolute atomic E-state index is 12.9. The largest absolute Gasteiger partial charge is 0.417 e. The van der Waals surface area contributed by atoms with Gasteiger partial charge in [-0.2, -0.15) is 13.2 Å². The molecule has 0 radical (unpaired) electrons. The minimum absolute atomic E-state index is 0.0179. The molecular weight excluding hydrogens is 371 g/mol. The van der Waals surface area contributed by atoms with E-state index in [9.17, 15) is 13.2 Å². The first-order valence-electron chi connectivity index (χ1n) is 5.83. The predicted octanol–water partition coefficient (Wildman–Crippen LogP) is 5.27. The van der Waals surface area contributed by atoms with Gasteiger partial charge < -0.3 is 5.32 Å². The van der Waals surface area contributed by atoms with Gasteiger partial charge in [0, 0.05) is 10.2 Å². The highest BCUT2D eigenvalue weighted by atomic mass is 79.9. The van der Waals surface area contributed by atoms with Crippen LogP contribution < -0.4 is 5.32 Å². The van der Waals surface area contributed by atoms with Crippen LogP contribution in [0.4, 0.5) is 24.7 Å². The smallest absolute Gasteiger partial charge is 0.338 e. The van der Waals surface area contributed by atoms with Crippen LogP contribution in [0.1, 0.15) is 16.7 Å². The summed E-state index contributed by atoms with van der Waals surface area (Å²) in [6.45, 7) is 3.53. The average Bonchev–Trinajstić information content (AvgIpc) is 2.40. The highest BCUT2D eigenvalue weighted by Gasteiger charge is 2.33. The van der Waals surface area contributed by atoms with Crippen molar-refractivity contribution in [2.24, 2.45) is 0 Å². The van der Waals surface area contributed by atoms with E-state index in [0.29, 0.717) is 5.82 Å². The van der Waals surface area contributed by atoms with Gasteiger partial charge in [0.05, 0.1) is 5.56 Å². The van der Waals surface area contributed by atoms with Gasteiger partial charge in [-0.3, -0.25) is 0 Å². The van der Waals surface area contributed by atoms with Crippen LogP contribution in [0.15, 0.2) is 22.7 Å². The summed E-state index contributed by atoms with van der Waals surface area (Å²) in [7, 11) is 0. The number of anilines is 2. The van der Waals surface area contributed by atoms with Crippen molar-refractivity contribution in [3.8, 4) is 0 Å². The van der Waals surface area contributed by atoms with Crippen molar-refractivity contribution in [1.29, 1.82) is 0 Å². The molecule has 0 atom stereocenters. The molecule has 112 valence electrons. The summed E-state index contributed by atoms with van der Waals surface area (Å²) in [5.74, 6) is 0.368. The number of alkyl halides is 3. The summed E-state index contributed by atoms with van der Waals surface area (Å²) < 4.78 is 38.6. The van der Waals surface area contributed by atoms with Gasteiger partial charge in [-0.05, 0) is 43.2 Å². The molecule has 3 nitrogen and oxygen atoms in total. The molecule has 2 aromatic rings. The van der Waals surface area contributed by atoms with Gasteiger partial charge in [-0.25, -0.2) is 0 Å². The summed E-state index contributed by atoms with van der Waals surface area (Å²) >= 11 is 8.73. The van der Waals surface area contributed by atoms with E-state index in [1.165, 1.54) is 12.1 Å². The molecule has 0 saturated heterocycles. The fourth-order valence-corrected chi connectivity index (χ4v) is 2.30. The van der Waals surface area contributed by atoms with Gasteiger partial charge in [0.25, 0.3) is 0 Å². The molecule has 0 fully saturated rings. The summed E-state index contributed by atoms with van der Waals surface area (Å²) in [6, 6.07) is 3.86. The van der Waals surface area contributed by atoms with Crippen LogP contribution in [0.25, 0.3) is 0 Å². The highest BCUT2D eigenvalue weighted by molar-refractivity contribution is 9.10. The van der Waals surface area contributed by atoms with Crippen molar-refractivity contribution in [3.63, 3.8) is 0 Å². The number of halogens is 5. The van der Waals surface area contributed by atoms with E-state index in [1.54, 1.807) is 13.8 Å². The minimum Gasteiger partial charge on any atom is -0.338 e. The Morgan fingerprint density at radius 2 is 1.81 bits per heavy atom. The first kappa shape index (κ1) is 16.0. The molecule has 0 spiro atoms. The van der Waals surface area contributed by atoms with Gasteiger partial charge in [0.2, 0.25) is 0 Å². The summed E-state index contributed by atoms with van der Waals surface area (Å²) in [5.41, 5.74) is 0.960. The van der Waals surface area contributed by atoms with E-state index in [2.05, 4.69) is 31.4 Å². The zero-order valence-corrected chi connectivity index (χ0v) is 13.4. The number of aromatic nitrogens is 2. The second-order valence-corrected chi connectivity index (χ2v) is 5.62. The molecule has 0 amide bonds. The van der Waals surface area contributed by atoms with Crippen LogP contribution in [0.5, 0.6) is 0 Å². The molecule has 1 aromatic carbocycles. The molecule has 1 aromatic heterocycles. The standard InChI is InChI=1S/C13H10BrClF3N3/c1-6-7(2)12(21-20-11(6)15)19-8-3-4-10(14)9(5-8)13(16,17)18/h3-5H,1-2H3,(H,19,21). The first-order chi connectivity index (χ1) is 9.70. The second-order valence-electron chi connectivity index (χ2n) is 4.41. The van der Waals surface area contributed by atoms with Crippen molar-refractivity contribution in [2.45, 2.75) is 20.0 Å². The number of hydrogen-bond donors (Lipinski definition) is 1. The van der Waals surface area contributed by atoms with E-state index in [-0.39, 0.29) is 15.3 Å². The average molecular weight is 381 g/mol. The Morgan fingerprint density at radius 3 is 2.43 bits per heavy atom. The van der Waals surface area contributed by atoms with E-state index < -0.39 is 11.7 Å². The zero-order valence-electron chi connectivity index (χ0n) is 11.0. The molecule has 0 bridgehead atoms. The van der Waals surface area contributed by atoms with Crippen LogP contribution in [-0.4, -0.2) is 10.2 Å². The number of nitrogens with one attached hydrogen (secondary N) is 1. The van der Waals surface area contributed by atoms with Gasteiger partial charge in [0.1, 0.15) is 0 Å². The van der Waals surface area contributed by atoms with Crippen molar-refractivity contribution in [1.82, 2.24) is 10.2 Å². The van der Waals surface area contributed by atoms with Crippen LogP contribution >= 0.6 is 27.5 Å². The Labute approximate surface area is 132 Å². The minimum atomic E-state index is -4.44. The van der Waals surface area contributed by atoms with E-state index in [4.69, 9.17) is 11.6 Å². The third-order valence-electron chi connectivity index (χ3n) is 3.00. The SMILES string of the molecule is Cc1c(Cl)nnc(Nc2ccc(Br)c(C(F)(F)F)c2)c1C. The lowest BCUT2D eigenvalue weighted by Gasteiger charge is -2.13. The van der Waals surface area contributed by atoms with Gasteiger partial charge in [-0.15, -0.1) is 10.2 Å². The third kappa shape index (κ3) is 3.47. The predicted molar refractivity (Wildman–Crippen MR) is 78.9 cm³/mol. The normalized spacial score (nSPS) is 11.6. The van der Waals surface area contributed by atoms with Crippen LogP contribution in [0, 0.1) is 13.8 Å². The highest BCUT2D eigenvalue weighted by Crippen LogP contribution is 2.37. The fourth-order valence-electron chi connectivity index (χ4n) is 1.65. The molecule has 2 rings (SSSR count). The monoisotopic (exact) mass is 379 g/mol. The summed E-state index contributed by atoms with van der Waals surface area (Å²) in [4.78, 5) is 0. The van der Waals surface area contributed by atoms with E-state index >= 15 is 0 Å². The molecule has 8 heteroatoms. The van der Waals surface area contributed by atoms with Crippen LogP contribution in [0.2, 0.25) is 5.15 Å². The van der Waals surface area contributed by atoms with E-state index in [1.807, 2.05) is 0 Å². The second kappa shape index (κ2) is 5.81. The lowest BCUT2D eigenvalue weighted by molar-refractivity contribution is -0.138. The molecule has 0 saturated carbocycles. The molecule has 0 aliphatic carbocycles. The Morgan fingerprint density at radius 1 is 1.14 bits per heavy atom. The molecule has 1 heterocycles. The van der Waals surface area contributed by atoms with Crippen LogP contribution in [-0.2, 0) is 6.18 Å². The number of hydrogen-bond acceptors (Lipinski definition) is 3. The Kier molecular flexibility index (Phi) is 4.43. The number of nitrogens with zero attached hydrogens (tertiary/aromatic N) is 2. The van der Waals surface area contributed by atoms with Gasteiger partial charge in [0.15, 0.2) is 11.0 Å². The third-order valence-corrected chi connectivity index (χ3v) is 4.05. The Bertz CT molecular complexity index is 689.